The molecule has 62 valence electrons. The highest BCUT2D eigenvalue weighted by atomic mass is 16.6. The van der Waals surface area contributed by atoms with Crippen LogP contribution in [0, 0.1) is 11.3 Å². The average molecular weight is 159 g/mol. The van der Waals surface area contributed by atoms with Crippen LogP contribution in [-0.2, 0) is 4.74 Å². The zero-order valence-corrected chi connectivity index (χ0v) is 5.71. The van der Waals surface area contributed by atoms with Crippen molar-refractivity contribution in [2.75, 3.05) is 6.61 Å². The molecule has 1 rings (SSSR count). The Bertz CT molecular complexity index is 178. The zero-order chi connectivity index (χ0) is 8.43. The summed E-state index contributed by atoms with van der Waals surface area (Å²) in [5.74, 6) is 0. The van der Waals surface area contributed by atoms with Crippen LogP contribution in [0.2, 0.25) is 0 Å². The van der Waals surface area contributed by atoms with Crippen LogP contribution in [-0.4, -0.2) is 46.3 Å². The Balaban J connectivity index is 2.62. The Morgan fingerprint density at radius 1 is 1.36 bits per heavy atom. The molecule has 0 spiro atoms. The minimum Gasteiger partial charge on any atom is -0.394 e. The van der Waals surface area contributed by atoms with Gasteiger partial charge in [0.15, 0.2) is 6.10 Å². The topological polar surface area (TPSA) is 93.7 Å². The molecular weight excluding hydrogens is 150 g/mol. The summed E-state index contributed by atoms with van der Waals surface area (Å²) in [5, 5.41) is 35.0. The first-order valence-corrected chi connectivity index (χ1v) is 3.22. The van der Waals surface area contributed by atoms with Crippen molar-refractivity contribution < 1.29 is 20.1 Å². The Hall–Kier alpha value is -0.670. The molecule has 11 heavy (non-hydrogen) atoms. The summed E-state index contributed by atoms with van der Waals surface area (Å²) in [6, 6.07) is 1.67. The van der Waals surface area contributed by atoms with E-state index in [9.17, 15) is 0 Å². The van der Waals surface area contributed by atoms with E-state index in [4.69, 9.17) is 25.3 Å². The fourth-order valence-electron chi connectivity index (χ4n) is 1.01. The lowest BCUT2D eigenvalue weighted by Gasteiger charge is -2.09. The Morgan fingerprint density at radius 3 is 2.27 bits per heavy atom. The lowest BCUT2D eigenvalue weighted by Crippen LogP contribution is -2.33. The minimum absolute atomic E-state index is 0.392. The molecular formula is C6H9NO4. The minimum atomic E-state index is -1.21. The van der Waals surface area contributed by atoms with Gasteiger partial charge < -0.3 is 20.1 Å². The van der Waals surface area contributed by atoms with Crippen molar-refractivity contribution in [3.63, 3.8) is 0 Å². The van der Waals surface area contributed by atoms with Crippen molar-refractivity contribution in [3.8, 4) is 6.07 Å². The van der Waals surface area contributed by atoms with Gasteiger partial charge in [0.05, 0.1) is 12.7 Å². The van der Waals surface area contributed by atoms with Crippen molar-refractivity contribution in [1.29, 1.82) is 5.26 Å². The maximum atomic E-state index is 9.07. The normalized spacial score (nSPS) is 43.8. The number of nitriles is 1. The van der Waals surface area contributed by atoms with E-state index >= 15 is 0 Å². The third-order valence-corrected chi connectivity index (χ3v) is 1.67. The maximum Gasteiger partial charge on any atom is 0.172 e. The molecule has 3 N–H and O–H groups in total. The van der Waals surface area contributed by atoms with Crippen molar-refractivity contribution >= 4 is 0 Å². The second-order valence-electron chi connectivity index (χ2n) is 2.39. The third-order valence-electron chi connectivity index (χ3n) is 1.67. The fourth-order valence-corrected chi connectivity index (χ4v) is 1.01. The smallest absolute Gasteiger partial charge is 0.172 e. The first-order chi connectivity index (χ1) is 5.20. The number of aliphatic hydroxyl groups excluding tert-OH is 3. The van der Waals surface area contributed by atoms with Gasteiger partial charge in [0.25, 0.3) is 0 Å². The molecule has 0 radical (unpaired) electrons. The summed E-state index contributed by atoms with van der Waals surface area (Å²) in [6.07, 6.45) is -4.24. The Labute approximate surface area is 63.4 Å². The van der Waals surface area contributed by atoms with Gasteiger partial charge in [-0.05, 0) is 0 Å². The molecule has 0 bridgehead atoms. The molecule has 1 saturated heterocycles. The van der Waals surface area contributed by atoms with Crippen molar-refractivity contribution in [2.24, 2.45) is 0 Å². The van der Waals surface area contributed by atoms with E-state index in [1.807, 2.05) is 0 Å². The van der Waals surface area contributed by atoms with E-state index in [0.29, 0.717) is 0 Å². The van der Waals surface area contributed by atoms with Crippen molar-refractivity contribution in [1.82, 2.24) is 0 Å². The second-order valence-corrected chi connectivity index (χ2v) is 2.39. The van der Waals surface area contributed by atoms with Crippen LogP contribution in [0.4, 0.5) is 0 Å². The molecule has 0 aromatic rings. The van der Waals surface area contributed by atoms with Crippen molar-refractivity contribution in [3.05, 3.63) is 0 Å². The molecule has 5 nitrogen and oxygen atoms in total. The largest absolute Gasteiger partial charge is 0.394 e. The van der Waals surface area contributed by atoms with Gasteiger partial charge in [0.2, 0.25) is 0 Å². The number of rotatable bonds is 1. The molecule has 1 aliphatic rings. The van der Waals surface area contributed by atoms with E-state index in [-0.39, 0.29) is 0 Å². The van der Waals surface area contributed by atoms with E-state index < -0.39 is 31.0 Å². The summed E-state index contributed by atoms with van der Waals surface area (Å²) in [5.41, 5.74) is 0. The molecule has 1 heterocycles. The standard InChI is InChI=1S/C6H9NO4/c7-1-3-5(9)6(10)4(2-8)11-3/h3-6,8-10H,2H2. The molecule has 0 saturated carbocycles. The van der Waals surface area contributed by atoms with Crippen molar-refractivity contribution in [2.45, 2.75) is 24.4 Å². The molecule has 0 amide bonds. The quantitative estimate of drug-likeness (QED) is 0.411. The number of nitrogens with zero attached hydrogens (tertiary/aromatic N) is 1. The highest BCUT2D eigenvalue weighted by Gasteiger charge is 2.42. The summed E-state index contributed by atoms with van der Waals surface area (Å²) in [4.78, 5) is 0. The predicted molar refractivity (Wildman–Crippen MR) is 33.4 cm³/mol. The Kier molecular flexibility index (Phi) is 2.42. The highest BCUT2D eigenvalue weighted by Crippen LogP contribution is 2.19. The van der Waals surface area contributed by atoms with Crippen LogP contribution >= 0.6 is 0 Å². The van der Waals surface area contributed by atoms with Gasteiger partial charge >= 0.3 is 0 Å². The van der Waals surface area contributed by atoms with E-state index in [2.05, 4.69) is 0 Å². The second kappa shape index (κ2) is 3.15. The first kappa shape index (κ1) is 8.43. The lowest BCUT2D eigenvalue weighted by atomic mass is 10.1. The fraction of sp³-hybridized carbons (Fsp3) is 0.833. The number of hydrogen-bond donors (Lipinski definition) is 3. The molecule has 4 atom stereocenters. The van der Waals surface area contributed by atoms with Gasteiger partial charge in [-0.1, -0.05) is 0 Å². The van der Waals surface area contributed by atoms with Crippen LogP contribution in [0.25, 0.3) is 0 Å². The SMILES string of the molecule is N#CC1OC(CO)C(O)C1O. The van der Waals surface area contributed by atoms with Crippen LogP contribution < -0.4 is 0 Å². The van der Waals surface area contributed by atoms with Gasteiger partial charge in [0.1, 0.15) is 18.3 Å². The molecule has 0 aromatic carbocycles. The number of aliphatic hydroxyl groups is 3. The monoisotopic (exact) mass is 159 g/mol. The predicted octanol–water partition coefficient (Wildman–Crippen LogP) is -2.01. The lowest BCUT2D eigenvalue weighted by molar-refractivity contribution is -0.0113. The summed E-state index contributed by atoms with van der Waals surface area (Å²) < 4.78 is 4.77. The van der Waals surface area contributed by atoms with E-state index in [1.54, 1.807) is 6.07 Å². The summed E-state index contributed by atoms with van der Waals surface area (Å²) >= 11 is 0. The first-order valence-electron chi connectivity index (χ1n) is 3.22. The summed E-state index contributed by atoms with van der Waals surface area (Å²) in [6.45, 7) is -0.392. The van der Waals surface area contributed by atoms with Gasteiger partial charge in [0, 0.05) is 0 Å². The van der Waals surface area contributed by atoms with Gasteiger partial charge in [-0.2, -0.15) is 5.26 Å². The highest BCUT2D eigenvalue weighted by molar-refractivity contribution is 5.01. The Morgan fingerprint density at radius 2 is 2.00 bits per heavy atom. The molecule has 5 heteroatoms. The molecule has 0 aliphatic carbocycles. The van der Waals surface area contributed by atoms with Crippen LogP contribution in [0.15, 0.2) is 0 Å². The van der Waals surface area contributed by atoms with E-state index in [1.165, 1.54) is 0 Å². The van der Waals surface area contributed by atoms with Gasteiger partial charge in [-0.15, -0.1) is 0 Å². The summed E-state index contributed by atoms with van der Waals surface area (Å²) in [7, 11) is 0. The van der Waals surface area contributed by atoms with Crippen LogP contribution in [0.5, 0.6) is 0 Å². The number of ether oxygens (including phenoxy) is 1. The maximum absolute atomic E-state index is 9.07. The molecule has 1 aliphatic heterocycles. The average Bonchev–Trinajstić information content (AvgIpc) is 2.30. The van der Waals surface area contributed by atoms with Gasteiger partial charge in [-0.25, -0.2) is 0 Å². The number of hydrogen-bond acceptors (Lipinski definition) is 5. The molecule has 1 fully saturated rings. The molecule has 4 unspecified atom stereocenters. The van der Waals surface area contributed by atoms with Crippen LogP contribution in [0.1, 0.15) is 0 Å². The van der Waals surface area contributed by atoms with E-state index in [0.717, 1.165) is 0 Å². The zero-order valence-electron chi connectivity index (χ0n) is 5.71. The van der Waals surface area contributed by atoms with Crippen LogP contribution in [0.3, 0.4) is 0 Å². The van der Waals surface area contributed by atoms with Gasteiger partial charge in [-0.3, -0.25) is 0 Å². The molecule has 0 aromatic heterocycles. The third kappa shape index (κ3) is 1.34.